The van der Waals surface area contributed by atoms with Gasteiger partial charge in [-0.2, -0.15) is 0 Å². The Morgan fingerprint density at radius 2 is 2.07 bits per heavy atom. The minimum Gasteiger partial charge on any atom is -0.396 e. The molecule has 0 N–H and O–H groups in total. The molecule has 4 rings (SSSR count). The Labute approximate surface area is 158 Å². The fraction of sp³-hybridized carbons (Fsp3) is 0.190. The lowest BCUT2D eigenvalue weighted by molar-refractivity contribution is 0.159. The van der Waals surface area contributed by atoms with Crippen molar-refractivity contribution >= 4 is 28.8 Å². The van der Waals surface area contributed by atoms with Crippen LogP contribution in [0.5, 0.6) is 0 Å². The molecule has 6 heteroatoms. The van der Waals surface area contributed by atoms with Crippen molar-refractivity contribution in [1.82, 2.24) is 9.55 Å². The minimum absolute atomic E-state index is 0.558. The zero-order chi connectivity index (χ0) is 18.6. The van der Waals surface area contributed by atoms with Crippen molar-refractivity contribution in [1.29, 1.82) is 0 Å². The normalized spacial score (nSPS) is 14.1. The van der Waals surface area contributed by atoms with Crippen molar-refractivity contribution in [2.24, 2.45) is 10.1 Å². The van der Waals surface area contributed by atoms with Gasteiger partial charge in [0.1, 0.15) is 12.9 Å². The largest absolute Gasteiger partial charge is 0.396 e. The SMILES string of the molecule is CCON=C(C)c1ccc2c(c1)ncn2-c1cccc(N2C=NC=CC2)c1. The van der Waals surface area contributed by atoms with E-state index in [4.69, 9.17) is 4.84 Å². The third-order valence-electron chi connectivity index (χ3n) is 4.43. The van der Waals surface area contributed by atoms with Crippen LogP contribution in [0.1, 0.15) is 19.4 Å². The van der Waals surface area contributed by atoms with Gasteiger partial charge < -0.3 is 9.74 Å². The quantitative estimate of drug-likeness (QED) is 0.508. The fourth-order valence-corrected chi connectivity index (χ4v) is 3.04. The summed E-state index contributed by atoms with van der Waals surface area (Å²) in [7, 11) is 0. The Hall–Kier alpha value is -3.41. The molecule has 0 saturated heterocycles. The van der Waals surface area contributed by atoms with Crippen molar-refractivity contribution in [3.05, 3.63) is 66.6 Å². The smallest absolute Gasteiger partial charge is 0.114 e. The Morgan fingerprint density at radius 1 is 1.19 bits per heavy atom. The number of hydrogen-bond acceptors (Lipinski definition) is 5. The van der Waals surface area contributed by atoms with Crippen LogP contribution in [0, 0.1) is 0 Å². The lowest BCUT2D eigenvalue weighted by Crippen LogP contribution is -2.22. The summed E-state index contributed by atoms with van der Waals surface area (Å²) in [5, 5.41) is 4.11. The lowest BCUT2D eigenvalue weighted by atomic mass is 10.1. The van der Waals surface area contributed by atoms with Crippen molar-refractivity contribution in [3.63, 3.8) is 0 Å². The highest BCUT2D eigenvalue weighted by Crippen LogP contribution is 2.23. The van der Waals surface area contributed by atoms with Crippen molar-refractivity contribution in [2.75, 3.05) is 18.1 Å². The van der Waals surface area contributed by atoms with Crippen molar-refractivity contribution in [3.8, 4) is 5.69 Å². The first-order valence-corrected chi connectivity index (χ1v) is 8.95. The third-order valence-corrected chi connectivity index (χ3v) is 4.43. The summed E-state index contributed by atoms with van der Waals surface area (Å²) in [5.74, 6) is 0. The molecule has 2 aromatic carbocycles. The lowest BCUT2D eigenvalue weighted by Gasteiger charge is -2.20. The zero-order valence-corrected chi connectivity index (χ0v) is 15.4. The number of fused-ring (bicyclic) bond motifs is 1. The molecule has 1 aliphatic rings. The summed E-state index contributed by atoms with van der Waals surface area (Å²) < 4.78 is 2.09. The van der Waals surface area contributed by atoms with Gasteiger partial charge in [-0.25, -0.2) is 9.98 Å². The first-order valence-electron chi connectivity index (χ1n) is 8.95. The van der Waals surface area contributed by atoms with Gasteiger partial charge in [0, 0.05) is 29.7 Å². The van der Waals surface area contributed by atoms with Crippen LogP contribution in [0.15, 0.2) is 71.2 Å². The molecule has 6 nitrogen and oxygen atoms in total. The molecule has 0 radical (unpaired) electrons. The van der Waals surface area contributed by atoms with E-state index >= 15 is 0 Å². The van der Waals surface area contributed by atoms with Crippen molar-refractivity contribution in [2.45, 2.75) is 13.8 Å². The first-order chi connectivity index (χ1) is 13.3. The molecule has 1 aromatic heterocycles. The van der Waals surface area contributed by atoms with Crippen LogP contribution in [0.25, 0.3) is 16.7 Å². The number of benzene rings is 2. The standard InChI is InChI=1S/C21H21N5O/c1-3-27-24-16(2)17-8-9-21-20(12-17)23-15-26(21)19-7-4-6-18(13-19)25-11-5-10-22-14-25/h4-10,12-15H,3,11H2,1-2H3. The third kappa shape index (κ3) is 3.46. The van der Waals surface area contributed by atoms with Gasteiger partial charge in [-0.15, -0.1) is 0 Å². The summed E-state index contributed by atoms with van der Waals surface area (Å²) in [4.78, 5) is 16.0. The van der Waals surface area contributed by atoms with Crippen LogP contribution in [0.2, 0.25) is 0 Å². The Bertz CT molecular complexity index is 1050. The number of anilines is 1. The Morgan fingerprint density at radius 3 is 2.89 bits per heavy atom. The highest BCUT2D eigenvalue weighted by molar-refractivity contribution is 6.01. The number of aliphatic imine (C=N–C) groups is 1. The molecule has 27 heavy (non-hydrogen) atoms. The summed E-state index contributed by atoms with van der Waals surface area (Å²) >= 11 is 0. The molecule has 0 atom stereocenters. The summed E-state index contributed by atoms with van der Waals surface area (Å²) in [6, 6.07) is 14.5. The van der Waals surface area contributed by atoms with Crippen LogP contribution in [0.3, 0.4) is 0 Å². The van der Waals surface area contributed by atoms with E-state index in [1.165, 1.54) is 0 Å². The fourth-order valence-electron chi connectivity index (χ4n) is 3.04. The second kappa shape index (κ2) is 7.45. The van der Waals surface area contributed by atoms with Crippen LogP contribution < -0.4 is 4.90 Å². The van der Waals surface area contributed by atoms with Gasteiger partial charge in [-0.05, 0) is 50.3 Å². The van der Waals surface area contributed by atoms with E-state index in [1.807, 2.05) is 50.9 Å². The van der Waals surface area contributed by atoms with Gasteiger partial charge in [0.2, 0.25) is 0 Å². The molecule has 2 heterocycles. The van der Waals surface area contributed by atoms with Gasteiger partial charge in [-0.3, -0.25) is 4.57 Å². The Kier molecular flexibility index (Phi) is 4.70. The van der Waals surface area contributed by atoms with Gasteiger partial charge in [0.05, 0.1) is 23.1 Å². The number of aromatic nitrogens is 2. The zero-order valence-electron chi connectivity index (χ0n) is 15.4. The van der Waals surface area contributed by atoms with E-state index in [1.54, 1.807) is 0 Å². The molecule has 0 bridgehead atoms. The second-order valence-corrected chi connectivity index (χ2v) is 6.23. The van der Waals surface area contributed by atoms with E-state index < -0.39 is 0 Å². The average Bonchev–Trinajstić information content (AvgIpc) is 3.16. The van der Waals surface area contributed by atoms with E-state index in [0.29, 0.717) is 6.61 Å². The number of imidazole rings is 1. The Balaban J connectivity index is 1.68. The van der Waals surface area contributed by atoms with Crippen LogP contribution >= 0.6 is 0 Å². The predicted molar refractivity (Wildman–Crippen MR) is 110 cm³/mol. The average molecular weight is 359 g/mol. The maximum atomic E-state index is 5.15. The molecule has 0 spiro atoms. The number of rotatable bonds is 5. The molecule has 0 unspecified atom stereocenters. The molecular weight excluding hydrogens is 338 g/mol. The maximum Gasteiger partial charge on any atom is 0.114 e. The molecule has 0 amide bonds. The number of oxime groups is 1. The summed E-state index contributed by atoms with van der Waals surface area (Å²) in [6.07, 6.45) is 7.55. The van der Waals surface area contributed by atoms with Gasteiger partial charge in [-0.1, -0.05) is 17.3 Å². The summed E-state index contributed by atoms with van der Waals surface area (Å²) in [5.41, 5.74) is 5.97. The highest BCUT2D eigenvalue weighted by Gasteiger charge is 2.10. The second-order valence-electron chi connectivity index (χ2n) is 6.23. The van der Waals surface area contributed by atoms with Gasteiger partial charge in [0.15, 0.2) is 0 Å². The predicted octanol–water partition coefficient (Wildman–Crippen LogP) is 4.15. The van der Waals surface area contributed by atoms with E-state index in [9.17, 15) is 0 Å². The van der Waals surface area contributed by atoms with Gasteiger partial charge >= 0.3 is 0 Å². The van der Waals surface area contributed by atoms with Crippen LogP contribution in [0.4, 0.5) is 5.69 Å². The topological polar surface area (TPSA) is 55.0 Å². The van der Waals surface area contributed by atoms with Crippen LogP contribution in [-0.4, -0.2) is 34.8 Å². The molecular formula is C21H21N5O. The molecule has 0 fully saturated rings. The maximum absolute atomic E-state index is 5.15. The molecule has 0 saturated carbocycles. The molecule has 0 aliphatic carbocycles. The van der Waals surface area contributed by atoms with E-state index in [2.05, 4.69) is 54.9 Å². The molecule has 1 aliphatic heterocycles. The van der Waals surface area contributed by atoms with Crippen molar-refractivity contribution < 1.29 is 4.84 Å². The first kappa shape index (κ1) is 17.0. The number of hydrogen-bond donors (Lipinski definition) is 0. The minimum atomic E-state index is 0.558. The number of nitrogens with zero attached hydrogens (tertiary/aromatic N) is 5. The van der Waals surface area contributed by atoms with E-state index in [0.717, 1.165) is 40.2 Å². The summed E-state index contributed by atoms with van der Waals surface area (Å²) in [6.45, 7) is 5.23. The molecule has 136 valence electrons. The highest BCUT2D eigenvalue weighted by atomic mass is 16.6. The van der Waals surface area contributed by atoms with E-state index in [-0.39, 0.29) is 0 Å². The van der Waals surface area contributed by atoms with Crippen LogP contribution in [-0.2, 0) is 4.84 Å². The molecule has 3 aromatic rings. The van der Waals surface area contributed by atoms with Gasteiger partial charge in [0.25, 0.3) is 0 Å². The monoisotopic (exact) mass is 359 g/mol.